The monoisotopic (exact) mass is 433 g/mol. The Bertz CT molecular complexity index is 851. The van der Waals surface area contributed by atoms with Crippen molar-refractivity contribution in [2.24, 2.45) is 0 Å². The number of benzene rings is 2. The van der Waals surface area contributed by atoms with Gasteiger partial charge in [0.2, 0.25) is 0 Å². The molecule has 0 spiro atoms. The highest BCUT2D eigenvalue weighted by Gasteiger charge is 2.24. The molecule has 1 aliphatic rings. The molecule has 1 amide bonds. The third-order valence-electron chi connectivity index (χ3n) is 4.71. The van der Waals surface area contributed by atoms with Crippen LogP contribution in [0.1, 0.15) is 48.2 Å². The molecule has 0 aromatic heterocycles. The number of ether oxygens (including phenoxy) is 3. The van der Waals surface area contributed by atoms with Crippen LogP contribution in [0.2, 0.25) is 5.02 Å². The second kappa shape index (κ2) is 10.8. The molecule has 2 atom stereocenters. The average Bonchev–Trinajstić information content (AvgIpc) is 3.25. The molecule has 0 bridgehead atoms. The highest BCUT2D eigenvalue weighted by molar-refractivity contribution is 6.34. The number of rotatable bonds is 9. The largest absolute Gasteiger partial charge is 0.491 e. The Morgan fingerprint density at radius 3 is 2.77 bits per heavy atom. The maximum Gasteiger partial charge on any atom is 0.253 e. The van der Waals surface area contributed by atoms with Crippen molar-refractivity contribution in [2.45, 2.75) is 58.3 Å². The molecule has 7 heteroatoms. The molecule has 0 saturated carbocycles. The first kappa shape index (κ1) is 22.6. The maximum absolute atomic E-state index is 12.5. The van der Waals surface area contributed by atoms with E-state index in [0.717, 1.165) is 24.0 Å². The molecular formula is C23H28ClNO5. The van der Waals surface area contributed by atoms with Crippen LogP contribution in [0.25, 0.3) is 0 Å². The van der Waals surface area contributed by atoms with Gasteiger partial charge in [-0.2, -0.15) is 0 Å². The molecule has 3 rings (SSSR count). The van der Waals surface area contributed by atoms with Gasteiger partial charge in [0, 0.05) is 13.2 Å². The number of aliphatic hydroxyl groups is 1. The number of amides is 1. The summed E-state index contributed by atoms with van der Waals surface area (Å²) < 4.78 is 16.5. The van der Waals surface area contributed by atoms with Gasteiger partial charge in [-0.3, -0.25) is 4.79 Å². The fourth-order valence-electron chi connectivity index (χ4n) is 3.25. The van der Waals surface area contributed by atoms with E-state index in [1.807, 2.05) is 38.1 Å². The van der Waals surface area contributed by atoms with Gasteiger partial charge < -0.3 is 24.6 Å². The van der Waals surface area contributed by atoms with Crippen LogP contribution in [0.4, 0.5) is 0 Å². The zero-order valence-electron chi connectivity index (χ0n) is 17.3. The highest BCUT2D eigenvalue weighted by Crippen LogP contribution is 2.23. The molecule has 2 N–H and O–H groups in total. The Balaban J connectivity index is 1.53. The van der Waals surface area contributed by atoms with E-state index in [0.29, 0.717) is 29.5 Å². The van der Waals surface area contributed by atoms with Crippen molar-refractivity contribution in [3.63, 3.8) is 0 Å². The van der Waals surface area contributed by atoms with E-state index >= 15 is 0 Å². The Morgan fingerprint density at radius 2 is 2.07 bits per heavy atom. The topological polar surface area (TPSA) is 77.0 Å². The Kier molecular flexibility index (Phi) is 8.10. The summed E-state index contributed by atoms with van der Waals surface area (Å²) in [5.41, 5.74) is 2.23. The summed E-state index contributed by atoms with van der Waals surface area (Å²) >= 11 is 6.25. The van der Waals surface area contributed by atoms with E-state index in [1.54, 1.807) is 18.2 Å². The van der Waals surface area contributed by atoms with Crippen molar-refractivity contribution in [2.75, 3.05) is 6.61 Å². The standard InChI is InChI=1S/C23H28ClNO5/c1-15(2)30-18-8-9-19(20(24)12-18)22(26)25-13-16-5-3-6-17(11-16)14-29-23(27)21-7-4-10-28-21/h3,5-6,8-9,11-12,15,21,23,27H,4,7,10,13-14H2,1-2H3,(H,25,26). The smallest absolute Gasteiger partial charge is 0.253 e. The lowest BCUT2D eigenvalue weighted by Crippen LogP contribution is -2.27. The average molecular weight is 434 g/mol. The molecule has 2 unspecified atom stereocenters. The Hall–Kier alpha value is -2.12. The molecule has 1 fully saturated rings. The zero-order chi connectivity index (χ0) is 21.5. The summed E-state index contributed by atoms with van der Waals surface area (Å²) in [6.07, 6.45) is 0.594. The van der Waals surface area contributed by atoms with Crippen LogP contribution in [0.3, 0.4) is 0 Å². The van der Waals surface area contributed by atoms with E-state index in [9.17, 15) is 9.90 Å². The number of carbonyl (C=O) groups is 1. The molecule has 6 nitrogen and oxygen atoms in total. The van der Waals surface area contributed by atoms with E-state index in [4.69, 9.17) is 25.8 Å². The minimum atomic E-state index is -0.930. The van der Waals surface area contributed by atoms with Gasteiger partial charge in [-0.15, -0.1) is 0 Å². The fraction of sp³-hybridized carbons (Fsp3) is 0.435. The zero-order valence-corrected chi connectivity index (χ0v) is 18.0. The number of hydrogen-bond acceptors (Lipinski definition) is 5. The molecule has 2 aromatic carbocycles. The van der Waals surface area contributed by atoms with Crippen LogP contribution in [0, 0.1) is 0 Å². The highest BCUT2D eigenvalue weighted by atomic mass is 35.5. The van der Waals surface area contributed by atoms with E-state index < -0.39 is 6.29 Å². The maximum atomic E-state index is 12.5. The van der Waals surface area contributed by atoms with Gasteiger partial charge in [0.25, 0.3) is 5.91 Å². The van der Waals surface area contributed by atoms with Crippen LogP contribution >= 0.6 is 11.6 Å². The first-order valence-electron chi connectivity index (χ1n) is 10.2. The van der Waals surface area contributed by atoms with Crippen molar-refractivity contribution in [1.82, 2.24) is 5.32 Å². The number of carbonyl (C=O) groups excluding carboxylic acids is 1. The van der Waals surface area contributed by atoms with Crippen LogP contribution in [0.5, 0.6) is 5.75 Å². The number of aliphatic hydroxyl groups excluding tert-OH is 1. The molecule has 1 saturated heterocycles. The first-order valence-corrected chi connectivity index (χ1v) is 10.5. The van der Waals surface area contributed by atoms with Gasteiger partial charge in [0.1, 0.15) is 11.9 Å². The van der Waals surface area contributed by atoms with E-state index in [-0.39, 0.29) is 24.7 Å². The molecule has 1 aliphatic heterocycles. The summed E-state index contributed by atoms with van der Waals surface area (Å²) in [5, 5.41) is 13.3. The first-order chi connectivity index (χ1) is 14.4. The second-order valence-corrected chi connectivity index (χ2v) is 7.97. The molecule has 162 valence electrons. The molecular weight excluding hydrogens is 406 g/mol. The Labute approximate surface area is 182 Å². The third-order valence-corrected chi connectivity index (χ3v) is 5.02. The minimum absolute atomic E-state index is 0.0313. The summed E-state index contributed by atoms with van der Waals surface area (Å²) in [7, 11) is 0. The van der Waals surface area contributed by atoms with E-state index in [2.05, 4.69) is 5.32 Å². The van der Waals surface area contributed by atoms with Crippen LogP contribution in [-0.4, -0.2) is 36.1 Å². The summed E-state index contributed by atoms with van der Waals surface area (Å²) in [5.74, 6) is 0.371. The normalized spacial score (nSPS) is 17.2. The predicted octanol–water partition coefficient (Wildman–Crippen LogP) is 4.07. The predicted molar refractivity (Wildman–Crippen MR) is 115 cm³/mol. The van der Waals surface area contributed by atoms with Crippen molar-refractivity contribution in [3.05, 3.63) is 64.2 Å². The molecule has 0 aliphatic carbocycles. The van der Waals surface area contributed by atoms with Crippen molar-refractivity contribution < 1.29 is 24.1 Å². The summed E-state index contributed by atoms with van der Waals surface area (Å²) in [6, 6.07) is 12.7. The quantitative estimate of drug-likeness (QED) is 0.583. The van der Waals surface area contributed by atoms with Gasteiger partial charge in [-0.25, -0.2) is 0 Å². The lowest BCUT2D eigenvalue weighted by molar-refractivity contribution is -0.171. The number of hydrogen-bond donors (Lipinski definition) is 2. The van der Waals surface area contributed by atoms with Crippen molar-refractivity contribution in [3.8, 4) is 5.75 Å². The molecule has 0 radical (unpaired) electrons. The lowest BCUT2D eigenvalue weighted by Gasteiger charge is -2.18. The van der Waals surface area contributed by atoms with Crippen LogP contribution < -0.4 is 10.1 Å². The van der Waals surface area contributed by atoms with Gasteiger partial charge >= 0.3 is 0 Å². The third kappa shape index (κ3) is 6.44. The minimum Gasteiger partial charge on any atom is -0.491 e. The van der Waals surface area contributed by atoms with Gasteiger partial charge in [-0.05, 0) is 56.0 Å². The van der Waals surface area contributed by atoms with Crippen molar-refractivity contribution in [1.29, 1.82) is 0 Å². The van der Waals surface area contributed by atoms with E-state index in [1.165, 1.54) is 0 Å². The number of halogens is 1. The molecule has 30 heavy (non-hydrogen) atoms. The van der Waals surface area contributed by atoms with Gasteiger partial charge in [-0.1, -0.05) is 35.9 Å². The SMILES string of the molecule is CC(C)Oc1ccc(C(=O)NCc2cccc(COC(O)C3CCCO3)c2)c(Cl)c1. The van der Waals surface area contributed by atoms with Crippen LogP contribution in [0.15, 0.2) is 42.5 Å². The fourth-order valence-corrected chi connectivity index (χ4v) is 3.51. The second-order valence-electron chi connectivity index (χ2n) is 7.56. The lowest BCUT2D eigenvalue weighted by atomic mass is 10.1. The molecule has 1 heterocycles. The molecule has 2 aromatic rings. The number of nitrogens with one attached hydrogen (secondary N) is 1. The van der Waals surface area contributed by atoms with Gasteiger partial charge in [0.15, 0.2) is 6.29 Å². The van der Waals surface area contributed by atoms with Crippen LogP contribution in [-0.2, 0) is 22.6 Å². The van der Waals surface area contributed by atoms with Gasteiger partial charge in [0.05, 0.1) is 23.3 Å². The van der Waals surface area contributed by atoms with Crippen molar-refractivity contribution >= 4 is 17.5 Å². The summed E-state index contributed by atoms with van der Waals surface area (Å²) in [6.45, 7) is 5.14. The summed E-state index contributed by atoms with van der Waals surface area (Å²) in [4.78, 5) is 12.5. The Morgan fingerprint density at radius 1 is 1.27 bits per heavy atom.